The van der Waals surface area contributed by atoms with Gasteiger partial charge in [0.25, 0.3) is 5.91 Å². The number of thiophene rings is 1. The zero-order chi connectivity index (χ0) is 19.1. The Balaban J connectivity index is 1.69. The molecule has 0 radical (unpaired) electrons. The number of aryl methyl sites for hydroxylation is 1. The third kappa shape index (κ3) is 3.24. The van der Waals surface area contributed by atoms with E-state index >= 15 is 0 Å². The van der Waals surface area contributed by atoms with Gasteiger partial charge in [0.15, 0.2) is 0 Å². The number of fused-ring (bicyclic) bond motifs is 1. The molecule has 6 nitrogen and oxygen atoms in total. The van der Waals surface area contributed by atoms with Crippen molar-refractivity contribution in [1.29, 1.82) is 0 Å². The van der Waals surface area contributed by atoms with E-state index in [9.17, 15) is 4.79 Å². The lowest BCUT2D eigenvalue weighted by Crippen LogP contribution is -2.15. The van der Waals surface area contributed by atoms with Gasteiger partial charge in [-0.3, -0.25) is 4.79 Å². The normalized spacial score (nSPS) is 11.4. The maximum atomic E-state index is 12.8. The predicted molar refractivity (Wildman–Crippen MR) is 109 cm³/mol. The Morgan fingerprint density at radius 2 is 1.96 bits per heavy atom. The van der Waals surface area contributed by atoms with Crippen molar-refractivity contribution < 1.29 is 4.79 Å². The van der Waals surface area contributed by atoms with Crippen LogP contribution in [0.15, 0.2) is 42.6 Å². The largest absolute Gasteiger partial charge is 0.306 e. The van der Waals surface area contributed by atoms with Crippen LogP contribution in [-0.4, -0.2) is 25.5 Å². The monoisotopic (exact) mass is 399 g/mol. The molecule has 1 N–H and O–H groups in total. The quantitative estimate of drug-likeness (QED) is 0.520. The average molecular weight is 400 g/mol. The molecule has 0 saturated heterocycles. The van der Waals surface area contributed by atoms with Crippen LogP contribution in [0.2, 0.25) is 5.02 Å². The first-order valence-electron chi connectivity index (χ1n) is 8.54. The lowest BCUT2D eigenvalue weighted by atomic mass is 10.3. The molecule has 0 bridgehead atoms. The van der Waals surface area contributed by atoms with Gasteiger partial charge in [0.05, 0.1) is 22.5 Å². The molecule has 1 aromatic carbocycles. The maximum Gasteiger partial charge on any atom is 0.266 e. The first-order chi connectivity index (χ1) is 12.9. The van der Waals surface area contributed by atoms with E-state index in [0.717, 1.165) is 21.6 Å². The summed E-state index contributed by atoms with van der Waals surface area (Å²) < 4.78 is 3.63. The molecule has 0 aliphatic rings. The molecule has 3 heterocycles. The summed E-state index contributed by atoms with van der Waals surface area (Å²) in [6, 6.07) is 11.3. The number of halogens is 1. The predicted octanol–water partition coefficient (Wildman–Crippen LogP) is 5.08. The Bertz CT molecular complexity index is 1120. The molecule has 0 aliphatic carbocycles. The Morgan fingerprint density at radius 3 is 2.67 bits per heavy atom. The van der Waals surface area contributed by atoms with Gasteiger partial charge in [0, 0.05) is 22.5 Å². The van der Waals surface area contributed by atoms with Crippen LogP contribution >= 0.6 is 22.9 Å². The molecule has 0 unspecified atom stereocenters. The van der Waals surface area contributed by atoms with Crippen LogP contribution in [-0.2, 0) is 0 Å². The Morgan fingerprint density at radius 1 is 1.22 bits per heavy atom. The van der Waals surface area contributed by atoms with Crippen molar-refractivity contribution >= 4 is 44.9 Å². The minimum atomic E-state index is -0.152. The second-order valence-electron chi connectivity index (χ2n) is 6.51. The van der Waals surface area contributed by atoms with Gasteiger partial charge in [0.1, 0.15) is 10.6 Å². The maximum absolute atomic E-state index is 12.8. The van der Waals surface area contributed by atoms with Crippen LogP contribution in [0.1, 0.15) is 35.3 Å². The molecule has 0 saturated carbocycles. The fourth-order valence-electron chi connectivity index (χ4n) is 2.92. The molecular weight excluding hydrogens is 382 g/mol. The van der Waals surface area contributed by atoms with E-state index in [4.69, 9.17) is 11.6 Å². The molecular formula is C19H18ClN5OS. The second-order valence-corrected chi connectivity index (χ2v) is 7.98. The van der Waals surface area contributed by atoms with E-state index in [0.29, 0.717) is 15.7 Å². The second kappa shape index (κ2) is 6.83. The first kappa shape index (κ1) is 17.8. The minimum absolute atomic E-state index is 0.152. The van der Waals surface area contributed by atoms with Gasteiger partial charge in [-0.1, -0.05) is 11.6 Å². The smallest absolute Gasteiger partial charge is 0.266 e. The highest BCUT2D eigenvalue weighted by molar-refractivity contribution is 7.20. The minimum Gasteiger partial charge on any atom is -0.306 e. The van der Waals surface area contributed by atoms with E-state index < -0.39 is 0 Å². The standard InChI is InChI=1S/C19H18ClN5OS/c1-11(2)24-17(8-9-21-24)22-18(26)16-10-15-12(3)23-25(19(15)27-16)14-6-4-13(20)5-7-14/h4-11H,1-3H3,(H,22,26). The molecule has 4 aromatic rings. The van der Waals surface area contributed by atoms with Crippen LogP contribution in [0, 0.1) is 6.92 Å². The third-order valence-electron chi connectivity index (χ3n) is 4.24. The summed E-state index contributed by atoms with van der Waals surface area (Å²) in [5, 5.41) is 13.4. The number of aromatic nitrogens is 4. The zero-order valence-electron chi connectivity index (χ0n) is 15.1. The van der Waals surface area contributed by atoms with Crippen molar-refractivity contribution in [1.82, 2.24) is 19.6 Å². The number of nitrogens with one attached hydrogen (secondary N) is 1. The fraction of sp³-hybridized carbons (Fsp3) is 0.211. The Labute approximate surface area is 165 Å². The summed E-state index contributed by atoms with van der Waals surface area (Å²) in [5.41, 5.74) is 1.78. The molecule has 0 spiro atoms. The molecule has 0 fully saturated rings. The Kier molecular flexibility index (Phi) is 4.49. The summed E-state index contributed by atoms with van der Waals surface area (Å²) >= 11 is 7.40. The molecule has 3 aromatic heterocycles. The number of hydrogen-bond acceptors (Lipinski definition) is 4. The first-order valence-corrected chi connectivity index (χ1v) is 9.73. The number of nitrogens with zero attached hydrogens (tertiary/aromatic N) is 4. The van der Waals surface area contributed by atoms with Crippen molar-refractivity contribution in [2.45, 2.75) is 26.8 Å². The van der Waals surface area contributed by atoms with E-state index in [1.54, 1.807) is 16.9 Å². The van der Waals surface area contributed by atoms with Crippen molar-refractivity contribution in [2.75, 3.05) is 5.32 Å². The fourth-order valence-corrected chi connectivity index (χ4v) is 4.12. The lowest BCUT2D eigenvalue weighted by molar-refractivity contribution is 0.102. The number of benzene rings is 1. The van der Waals surface area contributed by atoms with Gasteiger partial charge in [0.2, 0.25) is 0 Å². The van der Waals surface area contributed by atoms with Crippen LogP contribution in [0.25, 0.3) is 15.9 Å². The average Bonchev–Trinajstić information content (AvgIpc) is 3.32. The number of anilines is 1. The summed E-state index contributed by atoms with van der Waals surface area (Å²) in [4.78, 5) is 14.3. The zero-order valence-corrected chi connectivity index (χ0v) is 16.7. The van der Waals surface area contributed by atoms with Crippen molar-refractivity contribution in [3.8, 4) is 5.69 Å². The molecule has 0 aliphatic heterocycles. The molecule has 0 atom stereocenters. The van der Waals surface area contributed by atoms with Gasteiger partial charge in [-0.15, -0.1) is 11.3 Å². The third-order valence-corrected chi connectivity index (χ3v) is 5.60. The van der Waals surface area contributed by atoms with E-state index in [-0.39, 0.29) is 11.9 Å². The van der Waals surface area contributed by atoms with Crippen molar-refractivity contribution in [3.05, 3.63) is 58.2 Å². The molecule has 27 heavy (non-hydrogen) atoms. The van der Waals surface area contributed by atoms with E-state index in [2.05, 4.69) is 15.5 Å². The van der Waals surface area contributed by atoms with Crippen LogP contribution in [0.4, 0.5) is 5.82 Å². The summed E-state index contributed by atoms with van der Waals surface area (Å²) in [6.07, 6.45) is 1.68. The van der Waals surface area contributed by atoms with E-state index in [1.165, 1.54) is 11.3 Å². The van der Waals surface area contributed by atoms with Gasteiger partial charge < -0.3 is 5.32 Å². The van der Waals surface area contributed by atoms with Crippen molar-refractivity contribution in [2.24, 2.45) is 0 Å². The summed E-state index contributed by atoms with van der Waals surface area (Å²) in [6.45, 7) is 5.98. The molecule has 8 heteroatoms. The molecule has 138 valence electrons. The van der Waals surface area contributed by atoms with E-state index in [1.807, 2.05) is 55.8 Å². The van der Waals surface area contributed by atoms with Crippen LogP contribution in [0.5, 0.6) is 0 Å². The number of carbonyl (C=O) groups is 1. The van der Waals surface area contributed by atoms with Crippen LogP contribution < -0.4 is 5.32 Å². The molecule has 1 amide bonds. The molecule has 4 rings (SSSR count). The highest BCUT2D eigenvalue weighted by Gasteiger charge is 2.18. The number of hydrogen-bond donors (Lipinski definition) is 1. The number of amides is 1. The van der Waals surface area contributed by atoms with Gasteiger partial charge >= 0.3 is 0 Å². The topological polar surface area (TPSA) is 64.7 Å². The lowest BCUT2D eigenvalue weighted by Gasteiger charge is -2.11. The van der Waals surface area contributed by atoms with Gasteiger partial charge in [-0.2, -0.15) is 10.2 Å². The number of carbonyl (C=O) groups excluding carboxylic acids is 1. The SMILES string of the molecule is Cc1nn(-c2ccc(Cl)cc2)c2sc(C(=O)Nc3ccnn3C(C)C)cc12. The highest BCUT2D eigenvalue weighted by Crippen LogP contribution is 2.31. The van der Waals surface area contributed by atoms with Crippen molar-refractivity contribution in [3.63, 3.8) is 0 Å². The summed E-state index contributed by atoms with van der Waals surface area (Å²) in [5.74, 6) is 0.532. The summed E-state index contributed by atoms with van der Waals surface area (Å²) in [7, 11) is 0. The Hall–Kier alpha value is -2.64. The van der Waals surface area contributed by atoms with Gasteiger partial charge in [-0.25, -0.2) is 9.36 Å². The van der Waals surface area contributed by atoms with Crippen LogP contribution in [0.3, 0.4) is 0 Å². The van der Waals surface area contributed by atoms with Gasteiger partial charge in [-0.05, 0) is 51.1 Å². The highest BCUT2D eigenvalue weighted by atomic mass is 35.5. The number of rotatable bonds is 4.